The Balaban J connectivity index is 2.52. The number of aliphatic hydroxyl groups excluding tert-OH is 1. The Bertz CT molecular complexity index is 685. The molecule has 0 heterocycles. The molecule has 0 fully saturated rings. The van der Waals surface area contributed by atoms with Gasteiger partial charge in [0.05, 0.1) is 16.6 Å². The van der Waals surface area contributed by atoms with Crippen molar-refractivity contribution >= 4 is 5.69 Å². The van der Waals surface area contributed by atoms with E-state index in [9.17, 15) is 19.6 Å². The molecule has 0 amide bonds. The van der Waals surface area contributed by atoms with Gasteiger partial charge in [-0.25, -0.2) is 4.39 Å². The van der Waals surface area contributed by atoms with Crippen LogP contribution in [-0.2, 0) is 0 Å². The lowest BCUT2D eigenvalue weighted by atomic mass is 10.1. The van der Waals surface area contributed by atoms with Crippen molar-refractivity contribution in [2.75, 3.05) is 0 Å². The van der Waals surface area contributed by atoms with Gasteiger partial charge in [0.2, 0.25) is 5.75 Å². The maximum atomic E-state index is 13.8. The third kappa shape index (κ3) is 3.00. The molecule has 110 valence electrons. The summed E-state index contributed by atoms with van der Waals surface area (Å²) in [6.45, 7) is 2.99. The fraction of sp³-hybridized carbons (Fsp3) is 0.200. The molecule has 1 N–H and O–H groups in total. The highest BCUT2D eigenvalue weighted by Crippen LogP contribution is 2.37. The summed E-state index contributed by atoms with van der Waals surface area (Å²) in [5.41, 5.74) is 0.221. The number of halogens is 1. The normalized spacial score (nSPS) is 12.0. The van der Waals surface area contributed by atoms with Crippen LogP contribution in [0.1, 0.15) is 24.2 Å². The van der Waals surface area contributed by atoms with E-state index in [1.54, 1.807) is 19.1 Å². The number of rotatable bonds is 4. The number of hydrogen-bond donors (Lipinski definition) is 1. The van der Waals surface area contributed by atoms with Gasteiger partial charge >= 0.3 is 5.69 Å². The molecule has 21 heavy (non-hydrogen) atoms. The number of hydrogen-bond acceptors (Lipinski definition) is 4. The molecule has 0 aliphatic rings. The predicted molar refractivity (Wildman–Crippen MR) is 74.9 cm³/mol. The fourth-order valence-corrected chi connectivity index (χ4v) is 2.08. The van der Waals surface area contributed by atoms with Crippen LogP contribution in [0.15, 0.2) is 36.4 Å². The molecule has 0 spiro atoms. The maximum Gasteiger partial charge on any atom is 0.314 e. The van der Waals surface area contributed by atoms with Crippen LogP contribution in [0.2, 0.25) is 0 Å². The molecule has 0 aliphatic carbocycles. The summed E-state index contributed by atoms with van der Waals surface area (Å²) in [5.74, 6) is -0.566. The summed E-state index contributed by atoms with van der Waals surface area (Å²) in [5, 5.41) is 20.8. The Hall–Kier alpha value is -2.47. The first-order chi connectivity index (χ1) is 9.91. The van der Waals surface area contributed by atoms with Gasteiger partial charge < -0.3 is 9.84 Å². The summed E-state index contributed by atoms with van der Waals surface area (Å²) >= 11 is 0. The van der Waals surface area contributed by atoms with Crippen molar-refractivity contribution < 1.29 is 19.2 Å². The SMILES string of the molecule is Cc1cccc(Oc2cccc(F)c2[C@@H](C)O)c1[N+](=O)[O-]. The van der Waals surface area contributed by atoms with E-state index in [0.29, 0.717) is 5.56 Å². The quantitative estimate of drug-likeness (QED) is 0.685. The number of nitrogens with zero attached hydrogens (tertiary/aromatic N) is 1. The highest BCUT2D eigenvalue weighted by Gasteiger charge is 2.21. The zero-order chi connectivity index (χ0) is 15.6. The molecule has 0 aromatic heterocycles. The van der Waals surface area contributed by atoms with Crippen LogP contribution in [-0.4, -0.2) is 10.0 Å². The first kappa shape index (κ1) is 14.9. The second-order valence-electron chi connectivity index (χ2n) is 4.61. The van der Waals surface area contributed by atoms with Crippen molar-refractivity contribution in [2.24, 2.45) is 0 Å². The van der Waals surface area contributed by atoms with E-state index in [1.807, 2.05) is 0 Å². The monoisotopic (exact) mass is 291 g/mol. The van der Waals surface area contributed by atoms with Crippen LogP contribution in [0, 0.1) is 22.9 Å². The molecule has 0 radical (unpaired) electrons. The molecule has 6 heteroatoms. The second-order valence-corrected chi connectivity index (χ2v) is 4.61. The highest BCUT2D eigenvalue weighted by atomic mass is 19.1. The van der Waals surface area contributed by atoms with Gasteiger partial charge in [-0.2, -0.15) is 0 Å². The fourth-order valence-electron chi connectivity index (χ4n) is 2.08. The van der Waals surface area contributed by atoms with Crippen LogP contribution in [0.4, 0.5) is 10.1 Å². The molecule has 1 atom stereocenters. The molecule has 0 bridgehead atoms. The van der Waals surface area contributed by atoms with E-state index in [4.69, 9.17) is 4.74 Å². The molecule has 2 aromatic rings. The van der Waals surface area contributed by atoms with Gasteiger partial charge in [0.1, 0.15) is 11.6 Å². The van der Waals surface area contributed by atoms with E-state index in [-0.39, 0.29) is 22.7 Å². The minimum atomic E-state index is -1.09. The smallest absolute Gasteiger partial charge is 0.314 e. The Morgan fingerprint density at radius 1 is 1.24 bits per heavy atom. The summed E-state index contributed by atoms with van der Waals surface area (Å²) in [6, 6.07) is 8.70. The van der Waals surface area contributed by atoms with Crippen molar-refractivity contribution in [2.45, 2.75) is 20.0 Å². The lowest BCUT2D eigenvalue weighted by Gasteiger charge is -2.14. The van der Waals surface area contributed by atoms with E-state index in [0.717, 1.165) is 0 Å². The number of ether oxygens (including phenoxy) is 1. The zero-order valence-electron chi connectivity index (χ0n) is 11.5. The average Bonchev–Trinajstić information content (AvgIpc) is 2.37. The molecular weight excluding hydrogens is 277 g/mol. The van der Waals surface area contributed by atoms with E-state index < -0.39 is 16.8 Å². The number of nitro groups is 1. The number of aryl methyl sites for hydroxylation is 1. The van der Waals surface area contributed by atoms with Gasteiger partial charge in [-0.05, 0) is 32.0 Å². The van der Waals surface area contributed by atoms with Crippen molar-refractivity contribution in [3.63, 3.8) is 0 Å². The standard InChI is InChI=1S/C15H14FNO4/c1-9-5-3-8-13(15(9)17(19)20)21-12-7-4-6-11(16)14(12)10(2)18/h3-8,10,18H,1-2H3/t10-/m1/s1. The van der Waals surface area contributed by atoms with Crippen molar-refractivity contribution in [1.29, 1.82) is 0 Å². The van der Waals surface area contributed by atoms with Crippen molar-refractivity contribution in [3.8, 4) is 11.5 Å². The van der Waals surface area contributed by atoms with Crippen LogP contribution in [0.3, 0.4) is 0 Å². The number of nitro benzene ring substituents is 1. The van der Waals surface area contributed by atoms with Crippen LogP contribution < -0.4 is 4.74 Å². The average molecular weight is 291 g/mol. The minimum Gasteiger partial charge on any atom is -0.450 e. The number of aliphatic hydroxyl groups is 1. The summed E-state index contributed by atoms with van der Waals surface area (Å²) in [6.07, 6.45) is -1.09. The van der Waals surface area contributed by atoms with Gasteiger partial charge in [-0.15, -0.1) is 0 Å². The van der Waals surface area contributed by atoms with Crippen LogP contribution >= 0.6 is 0 Å². The highest BCUT2D eigenvalue weighted by molar-refractivity contribution is 5.54. The molecule has 5 nitrogen and oxygen atoms in total. The minimum absolute atomic E-state index is 0.00694. The van der Waals surface area contributed by atoms with Crippen LogP contribution in [0.5, 0.6) is 11.5 Å². The maximum absolute atomic E-state index is 13.8. The Kier molecular flexibility index (Phi) is 4.18. The van der Waals surface area contributed by atoms with Crippen molar-refractivity contribution in [1.82, 2.24) is 0 Å². The Labute approximate surface area is 120 Å². The first-order valence-corrected chi connectivity index (χ1v) is 6.30. The predicted octanol–water partition coefficient (Wildman–Crippen LogP) is 3.89. The van der Waals surface area contributed by atoms with E-state index >= 15 is 0 Å². The number of benzene rings is 2. The molecule has 0 saturated heterocycles. The van der Waals surface area contributed by atoms with E-state index in [2.05, 4.69) is 0 Å². The van der Waals surface area contributed by atoms with Crippen LogP contribution in [0.25, 0.3) is 0 Å². The summed E-state index contributed by atoms with van der Waals surface area (Å²) < 4.78 is 19.3. The molecule has 0 aliphatic heterocycles. The Morgan fingerprint density at radius 3 is 2.48 bits per heavy atom. The first-order valence-electron chi connectivity index (χ1n) is 6.30. The largest absolute Gasteiger partial charge is 0.450 e. The molecule has 0 saturated carbocycles. The van der Waals surface area contributed by atoms with Gasteiger partial charge in [0.25, 0.3) is 0 Å². The topological polar surface area (TPSA) is 72.6 Å². The lowest BCUT2D eigenvalue weighted by molar-refractivity contribution is -0.386. The number of para-hydroxylation sites is 1. The van der Waals surface area contributed by atoms with Gasteiger partial charge in [0, 0.05) is 5.56 Å². The van der Waals surface area contributed by atoms with Gasteiger partial charge in [-0.3, -0.25) is 10.1 Å². The van der Waals surface area contributed by atoms with Gasteiger partial charge in [-0.1, -0.05) is 18.2 Å². The zero-order valence-corrected chi connectivity index (χ0v) is 11.5. The third-order valence-electron chi connectivity index (χ3n) is 3.03. The third-order valence-corrected chi connectivity index (χ3v) is 3.03. The molecular formula is C15H14FNO4. The summed E-state index contributed by atoms with van der Waals surface area (Å²) in [7, 11) is 0. The van der Waals surface area contributed by atoms with Gasteiger partial charge in [0.15, 0.2) is 0 Å². The van der Waals surface area contributed by atoms with Crippen molar-refractivity contribution in [3.05, 3.63) is 63.5 Å². The lowest BCUT2D eigenvalue weighted by Crippen LogP contribution is -2.01. The molecule has 0 unspecified atom stereocenters. The summed E-state index contributed by atoms with van der Waals surface area (Å²) in [4.78, 5) is 10.6. The second kappa shape index (κ2) is 5.88. The Morgan fingerprint density at radius 2 is 1.86 bits per heavy atom. The molecule has 2 aromatic carbocycles. The van der Waals surface area contributed by atoms with E-state index in [1.165, 1.54) is 31.2 Å². The molecule has 2 rings (SSSR count).